The van der Waals surface area contributed by atoms with Gasteiger partial charge in [0.1, 0.15) is 5.75 Å². The summed E-state index contributed by atoms with van der Waals surface area (Å²) >= 11 is 5.80. The van der Waals surface area contributed by atoms with Crippen LogP contribution < -0.4 is 10.2 Å². The second-order valence-corrected chi connectivity index (χ2v) is 6.91. The minimum Gasteiger partial charge on any atom is -0.484 e. The van der Waals surface area contributed by atoms with Gasteiger partial charge in [0, 0.05) is 34.1 Å². The summed E-state index contributed by atoms with van der Waals surface area (Å²) < 4.78 is 7.25. The zero-order chi connectivity index (χ0) is 21.7. The molecule has 0 aliphatic heterocycles. The molecule has 9 heteroatoms. The Morgan fingerprint density at radius 2 is 1.97 bits per heavy atom. The molecule has 0 unspecified atom stereocenters. The van der Waals surface area contributed by atoms with E-state index in [4.69, 9.17) is 16.3 Å². The van der Waals surface area contributed by atoms with Crippen molar-refractivity contribution in [2.75, 3.05) is 6.61 Å². The van der Waals surface area contributed by atoms with Gasteiger partial charge in [-0.25, -0.2) is 5.43 Å². The van der Waals surface area contributed by atoms with Gasteiger partial charge < -0.3 is 9.30 Å². The number of non-ortho nitro benzene ring substituents is 1. The highest BCUT2D eigenvalue weighted by atomic mass is 35.5. The van der Waals surface area contributed by atoms with E-state index in [1.165, 1.54) is 18.3 Å². The Morgan fingerprint density at radius 1 is 1.23 bits per heavy atom. The number of nitrogens with zero attached hydrogens (tertiary/aromatic N) is 3. The molecule has 1 N–H and O–H groups in total. The van der Waals surface area contributed by atoms with Crippen LogP contribution in [0.4, 0.5) is 5.69 Å². The van der Waals surface area contributed by atoms with Crippen molar-refractivity contribution in [2.24, 2.45) is 5.10 Å². The van der Waals surface area contributed by atoms with Crippen molar-refractivity contribution < 1.29 is 14.5 Å². The predicted octanol–water partition coefficient (Wildman–Crippen LogP) is 4.18. The van der Waals surface area contributed by atoms with Crippen LogP contribution in [0.2, 0.25) is 5.02 Å². The number of amides is 1. The van der Waals surface area contributed by atoms with Crippen LogP contribution >= 0.6 is 11.6 Å². The molecule has 0 aliphatic carbocycles. The number of nitro benzene ring substituents is 1. The fraction of sp³-hybridized carbons (Fsp3) is 0.143. The minimum absolute atomic E-state index is 0.0168. The normalized spacial score (nSPS) is 10.9. The lowest BCUT2D eigenvalue weighted by Gasteiger charge is -2.09. The first kappa shape index (κ1) is 21.1. The fourth-order valence-electron chi connectivity index (χ4n) is 2.95. The topological polar surface area (TPSA) is 98.8 Å². The molecular weight excluding hydrogens is 408 g/mol. The summed E-state index contributed by atoms with van der Waals surface area (Å²) in [5, 5.41) is 15.6. The van der Waals surface area contributed by atoms with Gasteiger partial charge in [-0.2, -0.15) is 5.10 Å². The molecule has 3 aromatic rings. The zero-order valence-corrected chi connectivity index (χ0v) is 17.1. The van der Waals surface area contributed by atoms with Crippen LogP contribution in [0.5, 0.6) is 5.75 Å². The highest BCUT2D eigenvalue weighted by Gasteiger charge is 2.13. The number of carbonyl (C=O) groups is 1. The Bertz CT molecular complexity index is 1110. The van der Waals surface area contributed by atoms with Gasteiger partial charge in [-0.1, -0.05) is 17.7 Å². The SMILES string of the molecule is Cc1cc(/C=N/NC(=O)COc2ccc(Cl)cc2)c(C)n1-c1cccc([N+](=O)[O-])c1. The van der Waals surface area contributed by atoms with Crippen molar-refractivity contribution in [2.45, 2.75) is 13.8 Å². The summed E-state index contributed by atoms with van der Waals surface area (Å²) in [6, 6.07) is 15.0. The highest BCUT2D eigenvalue weighted by molar-refractivity contribution is 6.30. The third-order valence-electron chi connectivity index (χ3n) is 4.35. The quantitative estimate of drug-likeness (QED) is 0.348. The maximum absolute atomic E-state index is 11.9. The van der Waals surface area contributed by atoms with Crippen molar-refractivity contribution in [3.05, 3.63) is 86.7 Å². The average molecular weight is 427 g/mol. The van der Waals surface area contributed by atoms with Gasteiger partial charge in [0.15, 0.2) is 6.61 Å². The molecular formula is C21H19ClN4O4. The summed E-state index contributed by atoms with van der Waals surface area (Å²) in [5.74, 6) is 0.118. The van der Waals surface area contributed by atoms with E-state index >= 15 is 0 Å². The van der Waals surface area contributed by atoms with Gasteiger partial charge in [-0.05, 0) is 50.2 Å². The second kappa shape index (κ2) is 9.23. The molecule has 1 amide bonds. The number of nitro groups is 1. The number of hydrogen-bond donors (Lipinski definition) is 1. The lowest BCUT2D eigenvalue weighted by molar-refractivity contribution is -0.384. The maximum Gasteiger partial charge on any atom is 0.277 e. The molecule has 0 atom stereocenters. The molecule has 0 saturated carbocycles. The van der Waals surface area contributed by atoms with Crippen molar-refractivity contribution in [1.29, 1.82) is 0 Å². The number of aromatic nitrogens is 1. The number of nitrogens with one attached hydrogen (secondary N) is 1. The third-order valence-corrected chi connectivity index (χ3v) is 4.60. The molecule has 0 radical (unpaired) electrons. The number of aryl methyl sites for hydroxylation is 1. The number of benzene rings is 2. The smallest absolute Gasteiger partial charge is 0.277 e. The van der Waals surface area contributed by atoms with Crippen LogP contribution in [0.15, 0.2) is 59.7 Å². The standard InChI is InChI=1S/C21H19ClN4O4/c1-14-10-16(15(2)25(14)18-4-3-5-19(11-18)26(28)29)12-23-24-21(27)13-30-20-8-6-17(22)7-9-20/h3-12H,13H2,1-2H3,(H,24,27)/b23-12+. The van der Waals surface area contributed by atoms with E-state index in [1.54, 1.807) is 36.4 Å². The number of hydrazone groups is 1. The molecule has 3 rings (SSSR count). The zero-order valence-electron chi connectivity index (χ0n) is 16.3. The lowest BCUT2D eigenvalue weighted by Crippen LogP contribution is -2.24. The number of carbonyl (C=O) groups excluding carboxylic acids is 1. The Morgan fingerprint density at radius 3 is 2.67 bits per heavy atom. The molecule has 0 fully saturated rings. The maximum atomic E-state index is 11.9. The second-order valence-electron chi connectivity index (χ2n) is 6.47. The third kappa shape index (κ3) is 5.03. The first-order valence-electron chi connectivity index (χ1n) is 8.99. The number of halogens is 1. The summed E-state index contributed by atoms with van der Waals surface area (Å²) in [5.41, 5.74) is 5.60. The monoisotopic (exact) mass is 426 g/mol. The lowest BCUT2D eigenvalue weighted by atomic mass is 10.2. The number of rotatable bonds is 7. The molecule has 8 nitrogen and oxygen atoms in total. The molecule has 30 heavy (non-hydrogen) atoms. The number of ether oxygens (including phenoxy) is 1. The van der Waals surface area contributed by atoms with Crippen molar-refractivity contribution >= 4 is 29.4 Å². The van der Waals surface area contributed by atoms with Crippen molar-refractivity contribution in [1.82, 2.24) is 9.99 Å². The van der Waals surface area contributed by atoms with Crippen LogP contribution in [0, 0.1) is 24.0 Å². The molecule has 0 saturated heterocycles. The van der Waals surface area contributed by atoms with Crippen molar-refractivity contribution in [3.63, 3.8) is 0 Å². The summed E-state index contributed by atoms with van der Waals surface area (Å²) in [7, 11) is 0. The Hall–Kier alpha value is -3.65. The molecule has 0 spiro atoms. The van der Waals surface area contributed by atoms with E-state index in [0.717, 1.165) is 17.0 Å². The van der Waals surface area contributed by atoms with E-state index < -0.39 is 10.8 Å². The molecule has 154 valence electrons. The van der Waals surface area contributed by atoms with Crippen LogP contribution in [0.3, 0.4) is 0 Å². The van der Waals surface area contributed by atoms with E-state index in [1.807, 2.05) is 24.5 Å². The van der Waals surface area contributed by atoms with Crippen LogP contribution in [0.1, 0.15) is 17.0 Å². The highest BCUT2D eigenvalue weighted by Crippen LogP contribution is 2.23. The fourth-order valence-corrected chi connectivity index (χ4v) is 3.07. The Labute approximate surface area is 177 Å². The first-order chi connectivity index (χ1) is 14.3. The number of hydrogen-bond acceptors (Lipinski definition) is 5. The minimum atomic E-state index is -0.429. The predicted molar refractivity (Wildman–Crippen MR) is 115 cm³/mol. The van der Waals surface area contributed by atoms with Crippen LogP contribution in [-0.4, -0.2) is 28.2 Å². The first-order valence-corrected chi connectivity index (χ1v) is 9.37. The Balaban J connectivity index is 1.65. The molecule has 0 bridgehead atoms. The van der Waals surface area contributed by atoms with E-state index in [-0.39, 0.29) is 12.3 Å². The Kier molecular flexibility index (Phi) is 6.48. The van der Waals surface area contributed by atoms with Gasteiger partial charge >= 0.3 is 0 Å². The molecule has 1 aromatic heterocycles. The van der Waals surface area contributed by atoms with Gasteiger partial charge in [0.2, 0.25) is 0 Å². The molecule has 2 aromatic carbocycles. The largest absolute Gasteiger partial charge is 0.484 e. The van der Waals surface area contributed by atoms with Crippen LogP contribution in [-0.2, 0) is 4.79 Å². The van der Waals surface area contributed by atoms with E-state index in [0.29, 0.717) is 16.5 Å². The van der Waals surface area contributed by atoms with Crippen molar-refractivity contribution in [3.8, 4) is 11.4 Å². The van der Waals surface area contributed by atoms with Crippen LogP contribution in [0.25, 0.3) is 5.69 Å². The molecule has 0 aliphatic rings. The van der Waals surface area contributed by atoms with Gasteiger partial charge in [-0.15, -0.1) is 0 Å². The average Bonchev–Trinajstić information content (AvgIpc) is 3.01. The van der Waals surface area contributed by atoms with Gasteiger partial charge in [0.05, 0.1) is 16.8 Å². The van der Waals surface area contributed by atoms with Gasteiger partial charge in [0.25, 0.3) is 11.6 Å². The summed E-state index contributed by atoms with van der Waals surface area (Å²) in [6.45, 7) is 3.58. The van der Waals surface area contributed by atoms with Gasteiger partial charge in [-0.3, -0.25) is 14.9 Å². The molecule has 1 heterocycles. The van der Waals surface area contributed by atoms with E-state index in [2.05, 4.69) is 10.5 Å². The van der Waals surface area contributed by atoms with E-state index in [9.17, 15) is 14.9 Å². The summed E-state index contributed by atoms with van der Waals surface area (Å²) in [4.78, 5) is 22.5. The summed E-state index contributed by atoms with van der Waals surface area (Å²) in [6.07, 6.45) is 1.52.